The molecule has 1 aliphatic heterocycles. The van der Waals surface area contributed by atoms with E-state index in [4.69, 9.17) is 5.73 Å². The predicted octanol–water partition coefficient (Wildman–Crippen LogP) is 4.03. The summed E-state index contributed by atoms with van der Waals surface area (Å²) >= 11 is 0. The zero-order valence-corrected chi connectivity index (χ0v) is 17.1. The SMILES string of the molecule is NC(=O)c1cnc(NC2CCN(Cc3ccccc3)CC2)c2c1[nH]c1ccc(F)cc12. The Morgan fingerprint density at radius 3 is 2.71 bits per heavy atom. The highest BCUT2D eigenvalue weighted by Crippen LogP contribution is 2.33. The second-order valence-corrected chi connectivity index (χ2v) is 8.13. The Kier molecular flexibility index (Phi) is 5.03. The molecule has 5 rings (SSSR count). The van der Waals surface area contributed by atoms with E-state index in [1.165, 1.54) is 23.9 Å². The number of pyridine rings is 1. The zero-order chi connectivity index (χ0) is 21.4. The van der Waals surface area contributed by atoms with Gasteiger partial charge in [0.05, 0.1) is 16.5 Å². The summed E-state index contributed by atoms with van der Waals surface area (Å²) in [6.45, 7) is 2.92. The van der Waals surface area contributed by atoms with Crippen LogP contribution in [0, 0.1) is 5.82 Å². The number of amides is 1. The number of halogens is 1. The maximum atomic E-state index is 14.0. The second-order valence-electron chi connectivity index (χ2n) is 8.13. The number of nitrogens with one attached hydrogen (secondary N) is 2. The third-order valence-electron chi connectivity index (χ3n) is 6.03. The van der Waals surface area contributed by atoms with Gasteiger partial charge in [-0.05, 0) is 36.6 Å². The lowest BCUT2D eigenvalue weighted by molar-refractivity contribution is 0.100. The fourth-order valence-corrected chi connectivity index (χ4v) is 4.44. The molecule has 6 nitrogen and oxygen atoms in total. The number of rotatable bonds is 5. The van der Waals surface area contributed by atoms with Gasteiger partial charge in [-0.3, -0.25) is 9.69 Å². The molecule has 2 aromatic heterocycles. The third kappa shape index (κ3) is 3.84. The van der Waals surface area contributed by atoms with E-state index in [1.807, 2.05) is 6.07 Å². The molecule has 4 aromatic rings. The van der Waals surface area contributed by atoms with Gasteiger partial charge in [0, 0.05) is 42.8 Å². The topological polar surface area (TPSA) is 87.0 Å². The Hall–Kier alpha value is -3.45. The van der Waals surface area contributed by atoms with Crippen LogP contribution in [0.3, 0.4) is 0 Å². The van der Waals surface area contributed by atoms with Gasteiger partial charge in [-0.15, -0.1) is 0 Å². The minimum absolute atomic E-state index is 0.251. The number of aromatic nitrogens is 2. The van der Waals surface area contributed by atoms with Crippen LogP contribution < -0.4 is 11.1 Å². The molecule has 0 bridgehead atoms. The molecule has 31 heavy (non-hydrogen) atoms. The van der Waals surface area contributed by atoms with Crippen molar-refractivity contribution in [3.63, 3.8) is 0 Å². The molecule has 0 atom stereocenters. The molecule has 0 aliphatic carbocycles. The quantitative estimate of drug-likeness (QED) is 0.458. The van der Waals surface area contributed by atoms with E-state index in [1.54, 1.807) is 6.07 Å². The predicted molar refractivity (Wildman–Crippen MR) is 120 cm³/mol. The highest BCUT2D eigenvalue weighted by atomic mass is 19.1. The molecule has 0 spiro atoms. The first kappa shape index (κ1) is 19.5. The fraction of sp³-hybridized carbons (Fsp3) is 0.250. The van der Waals surface area contributed by atoms with E-state index in [9.17, 15) is 9.18 Å². The largest absolute Gasteiger partial charge is 0.367 e. The van der Waals surface area contributed by atoms with Gasteiger partial charge in [-0.2, -0.15) is 0 Å². The van der Waals surface area contributed by atoms with E-state index in [2.05, 4.69) is 44.5 Å². The van der Waals surface area contributed by atoms with E-state index in [0.29, 0.717) is 27.7 Å². The first-order valence-electron chi connectivity index (χ1n) is 10.5. The highest BCUT2D eigenvalue weighted by molar-refractivity contribution is 6.18. The summed E-state index contributed by atoms with van der Waals surface area (Å²) in [5, 5.41) is 4.94. The molecule has 1 aliphatic rings. The zero-order valence-electron chi connectivity index (χ0n) is 17.1. The molecule has 0 radical (unpaired) electrons. The number of hydrogen-bond donors (Lipinski definition) is 3. The lowest BCUT2D eigenvalue weighted by Crippen LogP contribution is -2.38. The molecule has 1 saturated heterocycles. The Morgan fingerprint density at radius 1 is 1.19 bits per heavy atom. The second kappa shape index (κ2) is 8.00. The highest BCUT2D eigenvalue weighted by Gasteiger charge is 2.22. The normalized spacial score (nSPS) is 15.5. The van der Waals surface area contributed by atoms with Crippen LogP contribution in [0.2, 0.25) is 0 Å². The third-order valence-corrected chi connectivity index (χ3v) is 6.03. The minimum Gasteiger partial charge on any atom is -0.367 e. The van der Waals surface area contributed by atoms with Crippen molar-refractivity contribution in [2.75, 3.05) is 18.4 Å². The molecule has 0 unspecified atom stereocenters. The summed E-state index contributed by atoms with van der Waals surface area (Å²) in [4.78, 5) is 22.1. The number of benzene rings is 2. The molecular weight excluding hydrogens is 393 g/mol. The Balaban J connectivity index is 1.39. The summed E-state index contributed by atoms with van der Waals surface area (Å²) in [6.07, 6.45) is 3.44. The molecule has 1 amide bonds. The number of nitrogens with two attached hydrogens (primary N) is 1. The molecule has 3 heterocycles. The lowest BCUT2D eigenvalue weighted by atomic mass is 10.0. The molecule has 2 aromatic carbocycles. The Morgan fingerprint density at radius 2 is 1.97 bits per heavy atom. The molecule has 1 fully saturated rings. The minimum atomic E-state index is -0.565. The summed E-state index contributed by atoms with van der Waals surface area (Å²) in [6, 6.07) is 15.3. The van der Waals surface area contributed by atoms with Gasteiger partial charge in [-0.1, -0.05) is 30.3 Å². The van der Waals surface area contributed by atoms with Crippen molar-refractivity contribution in [1.82, 2.24) is 14.9 Å². The van der Waals surface area contributed by atoms with Gasteiger partial charge < -0.3 is 16.0 Å². The van der Waals surface area contributed by atoms with Crippen molar-refractivity contribution < 1.29 is 9.18 Å². The Labute approximate surface area is 179 Å². The average molecular weight is 417 g/mol. The lowest BCUT2D eigenvalue weighted by Gasteiger charge is -2.32. The fourth-order valence-electron chi connectivity index (χ4n) is 4.44. The molecule has 7 heteroatoms. The van der Waals surface area contributed by atoms with Crippen molar-refractivity contribution in [3.05, 3.63) is 71.7 Å². The van der Waals surface area contributed by atoms with Crippen LogP contribution in [-0.2, 0) is 6.54 Å². The van der Waals surface area contributed by atoms with Gasteiger partial charge in [0.2, 0.25) is 0 Å². The summed E-state index contributed by atoms with van der Waals surface area (Å²) in [7, 11) is 0. The summed E-state index contributed by atoms with van der Waals surface area (Å²) in [5.74, 6) is -0.248. The van der Waals surface area contributed by atoms with Crippen LogP contribution in [0.25, 0.3) is 21.8 Å². The standard InChI is InChI=1S/C24H24FN5O/c25-16-6-7-20-18(12-16)21-22(29-20)19(23(26)31)13-27-24(21)28-17-8-10-30(11-9-17)14-15-4-2-1-3-5-15/h1-7,12-13,17,29H,8-11,14H2,(H2,26,31)(H,27,28). The molecule has 158 valence electrons. The van der Waals surface area contributed by atoms with Crippen LogP contribution >= 0.6 is 0 Å². The van der Waals surface area contributed by atoms with Crippen LogP contribution in [-0.4, -0.2) is 39.9 Å². The summed E-state index contributed by atoms with van der Waals surface area (Å²) < 4.78 is 14.0. The van der Waals surface area contributed by atoms with Crippen LogP contribution in [0.4, 0.5) is 10.2 Å². The van der Waals surface area contributed by atoms with Gasteiger partial charge in [0.1, 0.15) is 11.6 Å². The smallest absolute Gasteiger partial charge is 0.252 e. The van der Waals surface area contributed by atoms with E-state index < -0.39 is 5.91 Å². The number of carbonyl (C=O) groups is 1. The number of piperidine rings is 1. The summed E-state index contributed by atoms with van der Waals surface area (Å²) in [5.41, 5.74) is 8.50. The number of carbonyl (C=O) groups excluding carboxylic acids is 1. The van der Waals surface area contributed by atoms with Crippen molar-refractivity contribution in [3.8, 4) is 0 Å². The van der Waals surface area contributed by atoms with E-state index in [0.717, 1.165) is 38.0 Å². The van der Waals surface area contributed by atoms with Gasteiger partial charge in [0.15, 0.2) is 0 Å². The van der Waals surface area contributed by atoms with Gasteiger partial charge >= 0.3 is 0 Å². The number of anilines is 1. The van der Waals surface area contributed by atoms with Crippen molar-refractivity contribution >= 4 is 33.5 Å². The van der Waals surface area contributed by atoms with Crippen molar-refractivity contribution in [1.29, 1.82) is 0 Å². The molecule has 4 N–H and O–H groups in total. The number of H-pyrrole nitrogens is 1. The molecule has 0 saturated carbocycles. The number of nitrogens with zero attached hydrogens (tertiary/aromatic N) is 2. The number of aromatic amines is 1. The van der Waals surface area contributed by atoms with Gasteiger partial charge in [-0.25, -0.2) is 9.37 Å². The number of hydrogen-bond acceptors (Lipinski definition) is 4. The van der Waals surface area contributed by atoms with E-state index in [-0.39, 0.29) is 11.9 Å². The monoisotopic (exact) mass is 417 g/mol. The number of likely N-dealkylation sites (tertiary alicyclic amines) is 1. The first-order chi connectivity index (χ1) is 15.1. The van der Waals surface area contributed by atoms with Crippen molar-refractivity contribution in [2.45, 2.75) is 25.4 Å². The first-order valence-corrected chi connectivity index (χ1v) is 10.5. The number of fused-ring (bicyclic) bond motifs is 3. The maximum absolute atomic E-state index is 14.0. The van der Waals surface area contributed by atoms with Gasteiger partial charge in [0.25, 0.3) is 5.91 Å². The van der Waals surface area contributed by atoms with Crippen LogP contribution in [0.5, 0.6) is 0 Å². The van der Waals surface area contributed by atoms with Crippen LogP contribution in [0.1, 0.15) is 28.8 Å². The average Bonchev–Trinajstić information content (AvgIpc) is 3.15. The van der Waals surface area contributed by atoms with Crippen molar-refractivity contribution in [2.24, 2.45) is 5.73 Å². The maximum Gasteiger partial charge on any atom is 0.252 e. The molecular formula is C24H24FN5O. The Bertz CT molecular complexity index is 1250. The number of primary amides is 1. The van der Waals surface area contributed by atoms with E-state index >= 15 is 0 Å². The van der Waals surface area contributed by atoms with Crippen LogP contribution in [0.15, 0.2) is 54.7 Å².